The molecular weight excluding hydrogens is 288 g/mol. The molecule has 0 radical (unpaired) electrons. The number of likely N-dealkylation sites (tertiary alicyclic amines) is 1. The van der Waals surface area contributed by atoms with Crippen molar-refractivity contribution in [3.05, 3.63) is 12.2 Å². The molecule has 3 rings (SSSR count). The molecule has 0 aromatic rings. The molecule has 3 aliphatic rings. The lowest BCUT2D eigenvalue weighted by molar-refractivity contribution is -0.145. The summed E-state index contributed by atoms with van der Waals surface area (Å²) in [7, 11) is 1.70. The summed E-state index contributed by atoms with van der Waals surface area (Å²) < 4.78 is 5.18. The number of ether oxygens (including phenoxy) is 1. The molecule has 1 aliphatic carbocycles. The Morgan fingerprint density at radius 2 is 1.91 bits per heavy atom. The lowest BCUT2D eigenvalue weighted by Crippen LogP contribution is -2.52. The average molecular weight is 320 g/mol. The first kappa shape index (κ1) is 17.0. The molecule has 0 aromatic heterocycles. The van der Waals surface area contributed by atoms with Crippen LogP contribution >= 0.6 is 0 Å². The van der Waals surface area contributed by atoms with Gasteiger partial charge in [-0.15, -0.1) is 0 Å². The molecule has 1 saturated carbocycles. The Labute approximate surface area is 140 Å². The number of hydrogen-bond acceptors (Lipinski definition) is 3. The first-order chi connectivity index (χ1) is 11.2. The minimum Gasteiger partial charge on any atom is -0.383 e. The van der Waals surface area contributed by atoms with Crippen LogP contribution in [-0.2, 0) is 9.53 Å². The Morgan fingerprint density at radius 1 is 1.17 bits per heavy atom. The Balaban J connectivity index is 1.62. The monoisotopic (exact) mass is 320 g/mol. The number of piperidine rings is 1. The third-order valence-electron chi connectivity index (χ3n) is 6.15. The molecule has 1 spiro atoms. The van der Waals surface area contributed by atoms with Crippen LogP contribution in [0.15, 0.2) is 12.2 Å². The molecule has 130 valence electrons. The molecule has 2 heterocycles. The smallest absolute Gasteiger partial charge is 0.229 e. The van der Waals surface area contributed by atoms with E-state index in [1.54, 1.807) is 7.11 Å². The van der Waals surface area contributed by atoms with Crippen molar-refractivity contribution >= 4 is 5.91 Å². The van der Waals surface area contributed by atoms with Crippen LogP contribution in [0.3, 0.4) is 0 Å². The van der Waals surface area contributed by atoms with Crippen molar-refractivity contribution in [1.29, 1.82) is 0 Å². The summed E-state index contributed by atoms with van der Waals surface area (Å²) in [5.41, 5.74) is -0.147. The molecule has 0 N–H and O–H groups in total. The summed E-state index contributed by atoms with van der Waals surface area (Å²) in [5, 5.41) is 0. The van der Waals surface area contributed by atoms with Crippen LogP contribution in [0.25, 0.3) is 0 Å². The Bertz CT molecular complexity index is 421. The third kappa shape index (κ3) is 3.80. The van der Waals surface area contributed by atoms with Crippen molar-refractivity contribution in [1.82, 2.24) is 9.80 Å². The highest BCUT2D eigenvalue weighted by Crippen LogP contribution is 2.40. The van der Waals surface area contributed by atoms with Gasteiger partial charge in [0.25, 0.3) is 0 Å². The maximum atomic E-state index is 13.1. The normalized spacial score (nSPS) is 26.7. The highest BCUT2D eigenvalue weighted by atomic mass is 16.5. The second kappa shape index (κ2) is 7.80. The number of amides is 1. The molecule has 0 unspecified atom stereocenters. The zero-order chi connectivity index (χ0) is 16.1. The SMILES string of the molecule is COCCN1CC=CCC2(CCN(C3CCCCC3)CC2)C1=O. The quantitative estimate of drug-likeness (QED) is 0.747. The molecule has 0 atom stereocenters. The van der Waals surface area contributed by atoms with Crippen LogP contribution in [-0.4, -0.2) is 61.6 Å². The van der Waals surface area contributed by atoms with E-state index >= 15 is 0 Å². The Morgan fingerprint density at radius 3 is 2.61 bits per heavy atom. The van der Waals surface area contributed by atoms with Crippen LogP contribution in [0.1, 0.15) is 51.4 Å². The summed E-state index contributed by atoms with van der Waals surface area (Å²) in [6, 6.07) is 0.780. The summed E-state index contributed by atoms with van der Waals surface area (Å²) in [6.45, 7) is 4.29. The van der Waals surface area contributed by atoms with Crippen molar-refractivity contribution in [2.45, 2.75) is 57.4 Å². The number of nitrogens with zero attached hydrogens (tertiary/aromatic N) is 2. The van der Waals surface area contributed by atoms with Gasteiger partial charge in [0.15, 0.2) is 0 Å². The number of methoxy groups -OCH3 is 1. The van der Waals surface area contributed by atoms with E-state index in [2.05, 4.69) is 17.1 Å². The first-order valence-corrected chi connectivity index (χ1v) is 9.42. The highest BCUT2D eigenvalue weighted by Gasteiger charge is 2.44. The van der Waals surface area contributed by atoms with Gasteiger partial charge < -0.3 is 14.5 Å². The van der Waals surface area contributed by atoms with Crippen molar-refractivity contribution < 1.29 is 9.53 Å². The van der Waals surface area contributed by atoms with Crippen LogP contribution in [0.5, 0.6) is 0 Å². The van der Waals surface area contributed by atoms with E-state index in [1.807, 2.05) is 4.90 Å². The number of rotatable bonds is 4. The van der Waals surface area contributed by atoms with Crippen LogP contribution in [0, 0.1) is 5.41 Å². The molecule has 0 bridgehead atoms. The second-order valence-corrected chi connectivity index (χ2v) is 7.53. The van der Waals surface area contributed by atoms with E-state index in [0.717, 1.165) is 44.9 Å². The van der Waals surface area contributed by atoms with Crippen molar-refractivity contribution in [2.75, 3.05) is 39.9 Å². The predicted octanol–water partition coefficient (Wildman–Crippen LogP) is 2.84. The van der Waals surface area contributed by atoms with E-state index < -0.39 is 0 Å². The summed E-state index contributed by atoms with van der Waals surface area (Å²) in [6.07, 6.45) is 14.3. The summed E-state index contributed by atoms with van der Waals surface area (Å²) in [4.78, 5) is 17.8. The van der Waals surface area contributed by atoms with Crippen molar-refractivity contribution in [3.63, 3.8) is 0 Å². The second-order valence-electron chi connectivity index (χ2n) is 7.53. The van der Waals surface area contributed by atoms with Crippen LogP contribution in [0.4, 0.5) is 0 Å². The van der Waals surface area contributed by atoms with Gasteiger partial charge in [0, 0.05) is 26.2 Å². The number of allylic oxidation sites excluding steroid dienone is 1. The topological polar surface area (TPSA) is 32.8 Å². The standard InChI is InChI=1S/C19H32N2O2/c1-23-16-15-21-12-6-5-9-19(18(21)22)10-13-20(14-11-19)17-7-3-2-4-8-17/h5-6,17H,2-4,7-16H2,1H3. The maximum absolute atomic E-state index is 13.1. The number of hydrogen-bond donors (Lipinski definition) is 0. The predicted molar refractivity (Wildman–Crippen MR) is 92.3 cm³/mol. The summed E-state index contributed by atoms with van der Waals surface area (Å²) >= 11 is 0. The first-order valence-electron chi connectivity index (χ1n) is 9.42. The largest absolute Gasteiger partial charge is 0.383 e. The minimum atomic E-state index is -0.147. The minimum absolute atomic E-state index is 0.147. The molecule has 0 aromatic carbocycles. The van der Waals surface area contributed by atoms with E-state index in [-0.39, 0.29) is 5.41 Å². The molecule has 1 amide bonds. The van der Waals surface area contributed by atoms with Crippen molar-refractivity contribution in [2.24, 2.45) is 5.41 Å². The fourth-order valence-electron chi connectivity index (χ4n) is 4.59. The highest BCUT2D eigenvalue weighted by molar-refractivity contribution is 5.83. The van der Waals surface area contributed by atoms with Gasteiger partial charge in [-0.25, -0.2) is 0 Å². The molecule has 2 fully saturated rings. The lowest BCUT2D eigenvalue weighted by Gasteiger charge is -2.45. The van der Waals surface area contributed by atoms with Gasteiger partial charge in [-0.3, -0.25) is 4.79 Å². The fraction of sp³-hybridized carbons (Fsp3) is 0.842. The van der Waals surface area contributed by atoms with Gasteiger partial charge in [0.1, 0.15) is 0 Å². The zero-order valence-corrected chi connectivity index (χ0v) is 14.6. The zero-order valence-electron chi connectivity index (χ0n) is 14.6. The molecule has 23 heavy (non-hydrogen) atoms. The average Bonchev–Trinajstić information content (AvgIpc) is 2.75. The van der Waals surface area contributed by atoms with Gasteiger partial charge in [-0.05, 0) is 45.2 Å². The van der Waals surface area contributed by atoms with Gasteiger partial charge in [0.05, 0.1) is 12.0 Å². The molecule has 4 heteroatoms. The van der Waals surface area contributed by atoms with Gasteiger partial charge >= 0.3 is 0 Å². The van der Waals surface area contributed by atoms with E-state index in [1.165, 1.54) is 32.1 Å². The van der Waals surface area contributed by atoms with Crippen molar-refractivity contribution in [3.8, 4) is 0 Å². The lowest BCUT2D eigenvalue weighted by atomic mass is 9.74. The van der Waals surface area contributed by atoms with Gasteiger partial charge in [-0.1, -0.05) is 31.4 Å². The van der Waals surface area contributed by atoms with E-state index in [4.69, 9.17) is 4.74 Å². The van der Waals surface area contributed by atoms with Crippen LogP contribution in [0.2, 0.25) is 0 Å². The molecule has 4 nitrogen and oxygen atoms in total. The Hall–Kier alpha value is -0.870. The Kier molecular flexibility index (Phi) is 5.76. The van der Waals surface area contributed by atoms with Gasteiger partial charge in [0.2, 0.25) is 5.91 Å². The fourth-order valence-corrected chi connectivity index (χ4v) is 4.59. The number of carbonyl (C=O) groups excluding carboxylic acids is 1. The maximum Gasteiger partial charge on any atom is 0.229 e. The number of carbonyl (C=O) groups is 1. The van der Waals surface area contributed by atoms with E-state index in [9.17, 15) is 4.79 Å². The molecule has 1 saturated heterocycles. The van der Waals surface area contributed by atoms with Gasteiger partial charge in [-0.2, -0.15) is 0 Å². The third-order valence-corrected chi connectivity index (χ3v) is 6.15. The van der Waals surface area contributed by atoms with E-state index in [0.29, 0.717) is 19.1 Å². The molecule has 2 aliphatic heterocycles. The molecular formula is C19H32N2O2. The summed E-state index contributed by atoms with van der Waals surface area (Å²) in [5.74, 6) is 0.364. The van der Waals surface area contributed by atoms with Crippen LogP contribution < -0.4 is 0 Å².